The maximum Gasteiger partial charge on any atom is 1.00 e. The molecule has 0 atom stereocenters. The van der Waals surface area contributed by atoms with E-state index in [9.17, 15) is 39.0 Å². The van der Waals surface area contributed by atoms with E-state index in [1.54, 1.807) is 0 Å². The van der Waals surface area contributed by atoms with Gasteiger partial charge in [-0.15, -0.1) is 0 Å². The fourth-order valence-corrected chi connectivity index (χ4v) is 1.41. The molecule has 0 aliphatic carbocycles. The van der Waals surface area contributed by atoms with E-state index in [0.29, 0.717) is 0 Å². The number of carboxylic acids is 6. The van der Waals surface area contributed by atoms with Crippen LogP contribution < -0.4 is 113 Å². The first-order valence-corrected chi connectivity index (χ1v) is 7.36. The van der Waals surface area contributed by atoms with Crippen LogP contribution in [0.3, 0.4) is 0 Å². The summed E-state index contributed by atoms with van der Waals surface area (Å²) in [5, 5.41) is 84.9. The van der Waals surface area contributed by atoms with Crippen molar-refractivity contribution >= 4 is 48.1 Å². The molecule has 0 fully saturated rings. The van der Waals surface area contributed by atoms with Crippen molar-refractivity contribution in [3.8, 4) is 0 Å². The number of hydrogen-bond donors (Lipinski definition) is 8. The third-order valence-corrected chi connectivity index (χ3v) is 2.56. The van der Waals surface area contributed by atoms with Crippen LogP contribution in [0.2, 0.25) is 0 Å². The van der Waals surface area contributed by atoms with Gasteiger partial charge in [-0.1, -0.05) is 0 Å². The first-order chi connectivity index (χ1) is 14.7. The first-order valence-electron chi connectivity index (χ1n) is 7.36. The molecule has 19 nitrogen and oxygen atoms in total. The van der Waals surface area contributed by atoms with E-state index in [0.717, 1.165) is 0 Å². The second-order valence-corrected chi connectivity index (χ2v) is 5.28. The summed E-state index contributed by atoms with van der Waals surface area (Å²) in [5.41, 5.74) is -5.60. The van der Waals surface area contributed by atoms with Crippen LogP contribution in [0.1, 0.15) is 25.7 Å². The molecular formula is C14H16K2O19. The monoisotopic (exact) mass is 566 g/mol. The minimum Gasteiger partial charge on any atom is -0.550 e. The van der Waals surface area contributed by atoms with Gasteiger partial charge in [-0.3, -0.25) is 9.59 Å². The second-order valence-electron chi connectivity index (χ2n) is 5.28. The van der Waals surface area contributed by atoms with Gasteiger partial charge >= 0.3 is 139 Å². The van der Waals surface area contributed by atoms with Gasteiger partial charge in [-0.25, -0.2) is 14.4 Å². The summed E-state index contributed by atoms with van der Waals surface area (Å²) in [6, 6.07) is 0. The van der Waals surface area contributed by atoms with Crippen molar-refractivity contribution in [2.45, 2.75) is 36.9 Å². The molecule has 0 aliphatic heterocycles. The molecule has 0 rings (SSSR count). The smallest absolute Gasteiger partial charge is 0.550 e. The van der Waals surface area contributed by atoms with E-state index in [-0.39, 0.29) is 109 Å². The Kier molecular flexibility index (Phi) is 32.7. The quantitative estimate of drug-likeness (QED) is 0.114. The van der Waals surface area contributed by atoms with Crippen molar-refractivity contribution in [2.24, 2.45) is 0 Å². The Morgan fingerprint density at radius 2 is 0.743 bits per heavy atom. The Bertz CT molecular complexity index is 682. The van der Waals surface area contributed by atoms with Gasteiger partial charge < -0.3 is 60.7 Å². The summed E-state index contributed by atoms with van der Waals surface area (Å²) in [6.07, 6.45) is -6.46. The van der Waals surface area contributed by atoms with Crippen LogP contribution in [0, 0.1) is 0 Å². The zero-order valence-electron chi connectivity index (χ0n) is 17.9. The topological polar surface area (TPSA) is 362 Å². The molecule has 0 aromatic rings. The summed E-state index contributed by atoms with van der Waals surface area (Å²) in [5.74, 6) is -10.7. The minimum absolute atomic E-state index is 0. The Hall–Kier alpha value is -1.34. The van der Waals surface area contributed by atoms with Crippen LogP contribution >= 0.6 is 0 Å². The van der Waals surface area contributed by atoms with E-state index in [4.69, 9.17) is 55.2 Å². The summed E-state index contributed by atoms with van der Waals surface area (Å²) < 4.78 is 0. The number of rotatable bonds is 10. The van der Waals surface area contributed by atoms with Gasteiger partial charge in [0.25, 0.3) is 0 Å². The third kappa shape index (κ3) is 32.7. The fraction of sp³-hybridized carbons (Fsp3) is 0.429. The average molecular weight is 566 g/mol. The van der Waals surface area contributed by atoms with Crippen molar-refractivity contribution in [1.82, 2.24) is 0 Å². The van der Waals surface area contributed by atoms with Gasteiger partial charge in [-0.05, 0) is 0 Å². The van der Waals surface area contributed by atoms with Crippen LogP contribution in [0.15, 0.2) is 0 Å². The van der Waals surface area contributed by atoms with Crippen molar-refractivity contribution in [2.75, 3.05) is 0 Å². The molecule has 0 unspecified atom stereocenters. The summed E-state index contributed by atoms with van der Waals surface area (Å²) in [6.45, 7) is 0. The van der Waals surface area contributed by atoms with Gasteiger partial charge in [0, 0.05) is 24.8 Å². The molecule has 0 spiro atoms. The molecular weight excluding hydrogens is 550 g/mol. The van der Waals surface area contributed by atoms with E-state index in [1.165, 1.54) is 0 Å². The molecule has 0 saturated carbocycles. The van der Waals surface area contributed by atoms with Crippen molar-refractivity contribution in [1.29, 1.82) is 0 Å². The van der Waals surface area contributed by atoms with Crippen LogP contribution in [0.4, 0.5) is 4.79 Å². The zero-order chi connectivity index (χ0) is 27.6. The normalized spacial score (nSPS) is 8.97. The second kappa shape index (κ2) is 24.4. The summed E-state index contributed by atoms with van der Waals surface area (Å²) in [7, 11) is 0. The van der Waals surface area contributed by atoms with Crippen LogP contribution in [-0.2, 0) is 38.4 Å². The predicted octanol–water partition coefficient (Wildman–Crippen LogP) is -11.5. The SMILES string of the molecule is O=C(O)CC(O)(CC(=O)O)C(=O)O.O=C(O)O.O=C([O-])CC(O)(CC(=O)[O-])C(=O)O.O=C=O.[K+].[K+]. The maximum absolute atomic E-state index is 10.3. The molecule has 8 N–H and O–H groups in total. The Morgan fingerprint density at radius 3 is 0.857 bits per heavy atom. The summed E-state index contributed by atoms with van der Waals surface area (Å²) >= 11 is 0. The number of hydrogen-bond acceptors (Lipinski definition) is 13. The van der Waals surface area contributed by atoms with E-state index >= 15 is 0 Å². The van der Waals surface area contributed by atoms with Crippen molar-refractivity contribution in [3.05, 3.63) is 0 Å². The molecule has 0 aromatic heterocycles. The van der Waals surface area contributed by atoms with Crippen LogP contribution in [0.5, 0.6) is 0 Å². The zero-order valence-corrected chi connectivity index (χ0v) is 24.1. The number of aliphatic hydroxyl groups is 2. The van der Waals surface area contributed by atoms with Gasteiger partial charge in [-0.2, -0.15) is 9.59 Å². The standard InChI is InChI=1S/2C6H8O7.CH2O3.CO2.2K/c2*7-3(8)1-6(13,5(11)12)2-4(9)10;2-1(3)4;2-1-3;;/h2*13H,1-2H2,(H,7,8)(H,9,10)(H,11,12);(H2,2,3,4);;;/q;;;;2*+1/p-2. The van der Waals surface area contributed by atoms with E-state index < -0.39 is 78.9 Å². The number of carboxylic acid groups (broad SMARTS) is 8. The van der Waals surface area contributed by atoms with E-state index in [2.05, 4.69) is 0 Å². The van der Waals surface area contributed by atoms with Gasteiger partial charge in [0.2, 0.25) is 0 Å². The van der Waals surface area contributed by atoms with Crippen molar-refractivity contribution in [3.63, 3.8) is 0 Å². The number of carbonyl (C=O) groups excluding carboxylic acids is 4. The molecule has 0 saturated heterocycles. The molecule has 0 amide bonds. The molecule has 0 heterocycles. The Labute approximate surface area is 278 Å². The maximum atomic E-state index is 10.3. The van der Waals surface area contributed by atoms with Crippen LogP contribution in [0.25, 0.3) is 0 Å². The van der Waals surface area contributed by atoms with Gasteiger partial charge in [0.15, 0.2) is 11.2 Å². The minimum atomic E-state index is -2.86. The first kappa shape index (κ1) is 46.9. The molecule has 0 aromatic carbocycles. The molecule has 0 bridgehead atoms. The van der Waals surface area contributed by atoms with Crippen LogP contribution in [-0.4, -0.2) is 100 Å². The molecule has 21 heteroatoms. The molecule has 35 heavy (non-hydrogen) atoms. The average Bonchev–Trinajstić information content (AvgIpc) is 2.52. The molecule has 188 valence electrons. The van der Waals surface area contributed by atoms with E-state index in [1.807, 2.05) is 0 Å². The Balaban J connectivity index is -0.0000000906. The largest absolute Gasteiger partial charge is 1.00 e. The summed E-state index contributed by atoms with van der Waals surface area (Å²) in [4.78, 5) is 85.5. The molecule has 0 radical (unpaired) electrons. The van der Waals surface area contributed by atoms with Gasteiger partial charge in [0.05, 0.1) is 12.8 Å². The third-order valence-electron chi connectivity index (χ3n) is 2.56. The number of aliphatic carboxylic acids is 6. The number of carbonyl (C=O) groups is 7. The molecule has 0 aliphatic rings. The fourth-order valence-electron chi connectivity index (χ4n) is 1.41. The van der Waals surface area contributed by atoms with Gasteiger partial charge in [0.1, 0.15) is 0 Å². The Morgan fingerprint density at radius 1 is 0.571 bits per heavy atom. The van der Waals surface area contributed by atoms with Crippen molar-refractivity contribution < 1.29 is 197 Å². The predicted molar refractivity (Wildman–Crippen MR) is 84.6 cm³/mol.